The summed E-state index contributed by atoms with van der Waals surface area (Å²) >= 11 is 0. The molecule has 0 radical (unpaired) electrons. The molecule has 2 fully saturated rings. The first-order chi connectivity index (χ1) is 9.76. The van der Waals surface area contributed by atoms with Gasteiger partial charge in [0.05, 0.1) is 0 Å². The number of hydrogen-bond acceptors (Lipinski definition) is 0. The smallest absolute Gasteiger partial charge is 0.123 e. The number of allylic oxidation sites excluding steroid dienone is 1. The molecule has 0 nitrogen and oxygen atoms in total. The molecule has 3 rings (SSSR count). The van der Waals surface area contributed by atoms with Crippen LogP contribution in [0.15, 0.2) is 36.9 Å². The Kier molecular flexibility index (Phi) is 4.24. The van der Waals surface area contributed by atoms with E-state index in [-0.39, 0.29) is 5.82 Å². The van der Waals surface area contributed by atoms with Crippen molar-refractivity contribution in [2.75, 3.05) is 0 Å². The first-order valence-electron chi connectivity index (χ1n) is 8.12. The van der Waals surface area contributed by atoms with Gasteiger partial charge in [-0.1, -0.05) is 18.2 Å². The van der Waals surface area contributed by atoms with E-state index in [1.165, 1.54) is 50.5 Å². The topological polar surface area (TPSA) is 0 Å². The van der Waals surface area contributed by atoms with Crippen molar-refractivity contribution >= 4 is 0 Å². The van der Waals surface area contributed by atoms with E-state index in [0.717, 1.165) is 17.8 Å². The normalized spacial score (nSPS) is 33.5. The standard InChI is InChI=1S/C19H25F/c1-2-3-14-4-6-16-12-18(13-17(16)7-5-14)15-8-10-19(20)11-9-15/h2,8-11,14,16-18H,1,3-7,12-13H2. The van der Waals surface area contributed by atoms with Gasteiger partial charge in [-0.2, -0.15) is 0 Å². The maximum absolute atomic E-state index is 13.0. The highest BCUT2D eigenvalue weighted by Crippen LogP contribution is 2.49. The zero-order valence-corrected chi connectivity index (χ0v) is 12.2. The third kappa shape index (κ3) is 2.97. The van der Waals surface area contributed by atoms with Gasteiger partial charge in [0.25, 0.3) is 0 Å². The Morgan fingerprint density at radius 3 is 2.15 bits per heavy atom. The molecule has 0 amide bonds. The molecule has 2 unspecified atom stereocenters. The fourth-order valence-electron chi connectivity index (χ4n) is 4.44. The van der Waals surface area contributed by atoms with Gasteiger partial charge in [-0.3, -0.25) is 0 Å². The van der Waals surface area contributed by atoms with Crippen molar-refractivity contribution in [2.24, 2.45) is 17.8 Å². The van der Waals surface area contributed by atoms with E-state index in [2.05, 4.69) is 12.7 Å². The first kappa shape index (κ1) is 13.9. The van der Waals surface area contributed by atoms with Crippen LogP contribution in [0.5, 0.6) is 0 Å². The predicted molar refractivity (Wildman–Crippen MR) is 82.1 cm³/mol. The van der Waals surface area contributed by atoms with Gasteiger partial charge < -0.3 is 0 Å². The molecule has 108 valence electrons. The lowest BCUT2D eigenvalue weighted by atomic mass is 9.91. The lowest BCUT2D eigenvalue weighted by molar-refractivity contribution is 0.367. The Morgan fingerprint density at radius 1 is 1.00 bits per heavy atom. The number of fused-ring (bicyclic) bond motifs is 1. The van der Waals surface area contributed by atoms with Gasteiger partial charge in [0.15, 0.2) is 0 Å². The van der Waals surface area contributed by atoms with Crippen LogP contribution >= 0.6 is 0 Å². The Labute approximate surface area is 122 Å². The molecule has 0 bridgehead atoms. The molecular weight excluding hydrogens is 247 g/mol. The average Bonchev–Trinajstić information content (AvgIpc) is 2.77. The Morgan fingerprint density at radius 2 is 1.60 bits per heavy atom. The minimum absolute atomic E-state index is 0.117. The summed E-state index contributed by atoms with van der Waals surface area (Å²) in [5, 5.41) is 0. The Bertz CT molecular complexity index is 431. The Balaban J connectivity index is 1.63. The highest BCUT2D eigenvalue weighted by Gasteiger charge is 2.36. The summed E-state index contributed by atoms with van der Waals surface area (Å²) in [5.74, 6) is 3.23. The molecule has 0 N–H and O–H groups in total. The van der Waals surface area contributed by atoms with Gasteiger partial charge >= 0.3 is 0 Å². The Hall–Kier alpha value is -1.11. The van der Waals surface area contributed by atoms with Crippen molar-refractivity contribution < 1.29 is 4.39 Å². The fraction of sp³-hybridized carbons (Fsp3) is 0.579. The van der Waals surface area contributed by atoms with Crippen molar-refractivity contribution in [3.05, 3.63) is 48.3 Å². The van der Waals surface area contributed by atoms with Crippen LogP contribution in [-0.4, -0.2) is 0 Å². The van der Waals surface area contributed by atoms with Crippen LogP contribution in [0.4, 0.5) is 4.39 Å². The van der Waals surface area contributed by atoms with Gasteiger partial charge in [-0.05, 0) is 86.3 Å². The van der Waals surface area contributed by atoms with Gasteiger partial charge in [-0.15, -0.1) is 6.58 Å². The summed E-state index contributed by atoms with van der Waals surface area (Å²) < 4.78 is 13.0. The summed E-state index contributed by atoms with van der Waals surface area (Å²) in [6.45, 7) is 3.89. The van der Waals surface area contributed by atoms with E-state index in [0.29, 0.717) is 5.92 Å². The van der Waals surface area contributed by atoms with Crippen LogP contribution in [0.25, 0.3) is 0 Å². The fourth-order valence-corrected chi connectivity index (χ4v) is 4.44. The SMILES string of the molecule is C=CCC1CCC2CC(c3ccc(F)cc3)CC2CC1. The highest BCUT2D eigenvalue weighted by molar-refractivity contribution is 5.22. The van der Waals surface area contributed by atoms with E-state index in [4.69, 9.17) is 0 Å². The largest absolute Gasteiger partial charge is 0.207 e. The summed E-state index contributed by atoms with van der Waals surface area (Å²) in [5.41, 5.74) is 1.35. The van der Waals surface area contributed by atoms with Crippen molar-refractivity contribution in [2.45, 2.75) is 50.9 Å². The molecule has 1 aromatic rings. The molecule has 1 aromatic carbocycles. The summed E-state index contributed by atoms with van der Waals surface area (Å²) in [6.07, 6.45) is 11.5. The summed E-state index contributed by atoms with van der Waals surface area (Å²) in [6, 6.07) is 7.21. The molecule has 20 heavy (non-hydrogen) atoms. The van der Waals surface area contributed by atoms with Crippen LogP contribution in [0.1, 0.15) is 56.4 Å². The predicted octanol–water partition coefficient (Wildman–Crippen LogP) is 5.70. The van der Waals surface area contributed by atoms with E-state index in [1.807, 2.05) is 12.1 Å². The lowest BCUT2D eigenvalue weighted by Crippen LogP contribution is -2.04. The van der Waals surface area contributed by atoms with Crippen LogP contribution in [-0.2, 0) is 0 Å². The molecule has 1 heteroatoms. The van der Waals surface area contributed by atoms with Crippen molar-refractivity contribution in [1.82, 2.24) is 0 Å². The second-order valence-corrected chi connectivity index (χ2v) is 6.79. The van der Waals surface area contributed by atoms with Gasteiger partial charge in [0.1, 0.15) is 5.82 Å². The summed E-state index contributed by atoms with van der Waals surface area (Å²) in [4.78, 5) is 0. The van der Waals surface area contributed by atoms with Crippen molar-refractivity contribution in [3.63, 3.8) is 0 Å². The average molecular weight is 272 g/mol. The monoisotopic (exact) mass is 272 g/mol. The summed E-state index contributed by atoms with van der Waals surface area (Å²) in [7, 11) is 0. The molecule has 0 aromatic heterocycles. The van der Waals surface area contributed by atoms with E-state index >= 15 is 0 Å². The molecule has 0 aliphatic heterocycles. The minimum Gasteiger partial charge on any atom is -0.207 e. The second kappa shape index (κ2) is 6.11. The van der Waals surface area contributed by atoms with Crippen molar-refractivity contribution in [1.29, 1.82) is 0 Å². The first-order valence-corrected chi connectivity index (χ1v) is 8.12. The molecule has 2 aliphatic carbocycles. The number of hydrogen-bond donors (Lipinski definition) is 0. The molecular formula is C19H25F. The van der Waals surface area contributed by atoms with Crippen LogP contribution in [0.2, 0.25) is 0 Å². The zero-order chi connectivity index (χ0) is 13.9. The quantitative estimate of drug-likeness (QED) is 0.619. The van der Waals surface area contributed by atoms with Gasteiger partial charge in [0, 0.05) is 0 Å². The maximum Gasteiger partial charge on any atom is 0.123 e. The van der Waals surface area contributed by atoms with E-state index in [9.17, 15) is 4.39 Å². The van der Waals surface area contributed by atoms with Crippen LogP contribution < -0.4 is 0 Å². The second-order valence-electron chi connectivity index (χ2n) is 6.79. The highest BCUT2D eigenvalue weighted by atomic mass is 19.1. The molecule has 0 saturated heterocycles. The third-order valence-corrected chi connectivity index (χ3v) is 5.57. The van der Waals surface area contributed by atoms with Crippen LogP contribution in [0, 0.1) is 23.6 Å². The van der Waals surface area contributed by atoms with Crippen molar-refractivity contribution in [3.8, 4) is 0 Å². The molecule has 2 saturated carbocycles. The zero-order valence-electron chi connectivity index (χ0n) is 12.2. The van der Waals surface area contributed by atoms with E-state index < -0.39 is 0 Å². The maximum atomic E-state index is 13.0. The molecule has 0 spiro atoms. The third-order valence-electron chi connectivity index (χ3n) is 5.57. The number of halogens is 1. The number of benzene rings is 1. The lowest BCUT2D eigenvalue weighted by Gasteiger charge is -2.14. The molecule has 2 aliphatic rings. The van der Waals surface area contributed by atoms with E-state index in [1.54, 1.807) is 12.1 Å². The van der Waals surface area contributed by atoms with Crippen LogP contribution in [0.3, 0.4) is 0 Å². The van der Waals surface area contributed by atoms with Gasteiger partial charge in [-0.25, -0.2) is 4.39 Å². The molecule has 2 atom stereocenters. The van der Waals surface area contributed by atoms with Gasteiger partial charge in [0.2, 0.25) is 0 Å². The molecule has 0 heterocycles. The minimum atomic E-state index is -0.117. The number of rotatable bonds is 3.